The Morgan fingerprint density at radius 1 is 1.12 bits per heavy atom. The molecule has 2 amide bonds. The normalized spacial score (nSPS) is 19.7. The summed E-state index contributed by atoms with van der Waals surface area (Å²) in [5.74, 6) is 0.412. The highest BCUT2D eigenvalue weighted by Gasteiger charge is 2.39. The van der Waals surface area contributed by atoms with Crippen LogP contribution in [0.3, 0.4) is 0 Å². The molecule has 0 spiro atoms. The van der Waals surface area contributed by atoms with Crippen molar-refractivity contribution >= 4 is 23.6 Å². The highest BCUT2D eigenvalue weighted by molar-refractivity contribution is 6.24. The fraction of sp³-hybridized carbons (Fsp3) is 0.750. The number of para-hydroxylation sites is 1. The van der Waals surface area contributed by atoms with Gasteiger partial charge >= 0.3 is 0 Å². The van der Waals surface area contributed by atoms with Crippen molar-refractivity contribution in [1.29, 1.82) is 0 Å². The number of benzene rings is 1. The number of hydrogen-bond acceptors (Lipinski definition) is 7. The van der Waals surface area contributed by atoms with Gasteiger partial charge in [-0.15, -0.1) is 0 Å². The van der Waals surface area contributed by atoms with Crippen LogP contribution in [-0.2, 0) is 14.3 Å². The molecule has 0 unspecified atom stereocenters. The molecule has 2 rings (SSSR count). The molecule has 3 atom stereocenters. The Morgan fingerprint density at radius 3 is 2.38 bits per heavy atom. The van der Waals surface area contributed by atoms with Crippen LogP contribution in [0.1, 0.15) is 83.0 Å². The monoisotopic (exact) mass is 611 g/mol. The Labute approximate surface area is 257 Å². The first-order valence-electron chi connectivity index (χ1n) is 15.3. The van der Waals surface area contributed by atoms with Gasteiger partial charge in [-0.3, -0.25) is 14.0 Å². The lowest BCUT2D eigenvalue weighted by Gasteiger charge is -2.38. The van der Waals surface area contributed by atoms with E-state index in [1.165, 1.54) is 4.42 Å². The van der Waals surface area contributed by atoms with Crippen LogP contribution in [0.15, 0.2) is 24.3 Å². The SMILES string of the molecule is COCCCCOc1ccccc1C(=O)N(Cl)C[C@@H](C[C@H](N)[C@@H](O)CNC(=O)C(C)(C)C1CCC(OC)CC1)C(C)C. The van der Waals surface area contributed by atoms with Crippen molar-refractivity contribution in [2.75, 3.05) is 40.5 Å². The fourth-order valence-corrected chi connectivity index (χ4v) is 5.83. The number of aliphatic hydroxyl groups is 1. The van der Waals surface area contributed by atoms with Crippen LogP contribution in [0.2, 0.25) is 0 Å². The fourth-order valence-electron chi connectivity index (χ4n) is 5.57. The van der Waals surface area contributed by atoms with Crippen LogP contribution in [0.5, 0.6) is 5.75 Å². The van der Waals surface area contributed by atoms with Gasteiger partial charge in [0.05, 0.1) is 24.4 Å². The number of aliphatic hydroxyl groups excluding tert-OH is 1. The number of carbonyl (C=O) groups is 2. The minimum Gasteiger partial charge on any atom is -0.493 e. The summed E-state index contributed by atoms with van der Waals surface area (Å²) in [6.07, 6.45) is 5.25. The molecule has 42 heavy (non-hydrogen) atoms. The van der Waals surface area contributed by atoms with E-state index in [1.54, 1.807) is 32.4 Å². The third-order valence-corrected chi connectivity index (χ3v) is 9.12. The van der Waals surface area contributed by atoms with E-state index in [4.69, 9.17) is 31.7 Å². The largest absolute Gasteiger partial charge is 0.493 e. The van der Waals surface area contributed by atoms with E-state index in [9.17, 15) is 14.7 Å². The van der Waals surface area contributed by atoms with Gasteiger partial charge in [0.2, 0.25) is 5.91 Å². The van der Waals surface area contributed by atoms with E-state index in [1.807, 2.05) is 33.8 Å². The average molecular weight is 612 g/mol. The van der Waals surface area contributed by atoms with Crippen molar-refractivity contribution in [3.63, 3.8) is 0 Å². The van der Waals surface area contributed by atoms with Crippen molar-refractivity contribution in [1.82, 2.24) is 9.74 Å². The van der Waals surface area contributed by atoms with Crippen molar-refractivity contribution in [3.05, 3.63) is 29.8 Å². The van der Waals surface area contributed by atoms with E-state index < -0.39 is 17.6 Å². The molecule has 0 radical (unpaired) electrons. The van der Waals surface area contributed by atoms with Gasteiger partial charge in [0, 0.05) is 57.1 Å². The molecule has 1 saturated carbocycles. The zero-order chi connectivity index (χ0) is 31.3. The second-order valence-corrected chi connectivity index (χ2v) is 12.9. The summed E-state index contributed by atoms with van der Waals surface area (Å²) in [6.45, 7) is 9.48. The van der Waals surface area contributed by atoms with Crippen LogP contribution >= 0.6 is 11.8 Å². The van der Waals surface area contributed by atoms with Gasteiger partial charge in [0.15, 0.2) is 0 Å². The average Bonchev–Trinajstić information content (AvgIpc) is 2.98. The van der Waals surface area contributed by atoms with Crippen LogP contribution in [0, 0.1) is 23.2 Å². The highest BCUT2D eigenvalue weighted by Crippen LogP contribution is 2.39. The van der Waals surface area contributed by atoms with Gasteiger partial charge in [0.25, 0.3) is 5.91 Å². The van der Waals surface area contributed by atoms with Crippen LogP contribution < -0.4 is 15.8 Å². The molecule has 0 aliphatic heterocycles. The van der Waals surface area contributed by atoms with E-state index in [-0.39, 0.29) is 48.8 Å². The number of nitrogens with two attached hydrogens (primary N) is 1. The van der Waals surface area contributed by atoms with Gasteiger partial charge in [-0.25, -0.2) is 0 Å². The highest BCUT2D eigenvalue weighted by atomic mass is 35.5. The summed E-state index contributed by atoms with van der Waals surface area (Å²) in [7, 11) is 3.40. The molecule has 0 heterocycles. The van der Waals surface area contributed by atoms with Crippen LogP contribution in [0.25, 0.3) is 0 Å². The van der Waals surface area contributed by atoms with Gasteiger partial charge in [-0.2, -0.15) is 0 Å². The molecule has 0 saturated heterocycles. The summed E-state index contributed by atoms with van der Waals surface area (Å²) < 4.78 is 17.6. The molecule has 1 aliphatic carbocycles. The van der Waals surface area contributed by atoms with Crippen molar-refractivity contribution in [2.24, 2.45) is 28.9 Å². The van der Waals surface area contributed by atoms with Crippen molar-refractivity contribution in [2.45, 2.75) is 90.9 Å². The standard InChI is InChI=1S/C32H54ClN3O6/c1-22(2)23(21-36(33)30(38)26-11-7-8-12-29(26)42-18-10-9-17-40-5)19-27(34)28(37)20-35-31(39)32(3,4)24-13-15-25(41-6)16-14-24/h7-8,11-12,22-25,27-28,37H,9-10,13-21,34H2,1-6H3,(H,35,39)/t23-,24?,25?,27+,28+/m1/s1. The number of nitrogens with one attached hydrogen (secondary N) is 1. The number of rotatable bonds is 18. The second-order valence-electron chi connectivity index (χ2n) is 12.5. The molecule has 4 N–H and O–H groups in total. The maximum atomic E-state index is 13.3. The molecule has 0 aromatic heterocycles. The summed E-state index contributed by atoms with van der Waals surface area (Å²) >= 11 is 6.53. The first-order valence-corrected chi connectivity index (χ1v) is 15.7. The van der Waals surface area contributed by atoms with E-state index in [2.05, 4.69) is 5.32 Å². The van der Waals surface area contributed by atoms with Crippen LogP contribution in [0.4, 0.5) is 0 Å². The second kappa shape index (κ2) is 18.0. The number of carbonyl (C=O) groups excluding carboxylic acids is 2. The maximum Gasteiger partial charge on any atom is 0.271 e. The topological polar surface area (TPSA) is 123 Å². The number of halogens is 1. The summed E-state index contributed by atoms with van der Waals surface area (Å²) in [4.78, 5) is 26.4. The molecule has 10 heteroatoms. The molecular formula is C32H54ClN3O6. The van der Waals surface area contributed by atoms with Crippen molar-refractivity contribution in [3.8, 4) is 5.75 Å². The molecule has 240 valence electrons. The lowest BCUT2D eigenvalue weighted by Crippen LogP contribution is -2.49. The first kappa shape index (κ1) is 36.3. The van der Waals surface area contributed by atoms with E-state index in [0.717, 1.165) is 38.5 Å². The number of methoxy groups -OCH3 is 2. The Balaban J connectivity index is 1.91. The molecule has 9 nitrogen and oxygen atoms in total. The minimum atomic E-state index is -0.929. The first-order chi connectivity index (χ1) is 19.9. The predicted molar refractivity (Wildman–Crippen MR) is 166 cm³/mol. The number of amides is 2. The molecule has 1 aromatic carbocycles. The smallest absolute Gasteiger partial charge is 0.271 e. The lowest BCUT2D eigenvalue weighted by atomic mass is 9.70. The summed E-state index contributed by atoms with van der Waals surface area (Å²) in [6, 6.07) is 6.47. The summed E-state index contributed by atoms with van der Waals surface area (Å²) in [5, 5.41) is 13.8. The molecule has 1 fully saturated rings. The maximum absolute atomic E-state index is 13.3. The van der Waals surface area contributed by atoms with Gasteiger partial charge < -0.3 is 30.4 Å². The third kappa shape index (κ3) is 11.0. The van der Waals surface area contributed by atoms with E-state index >= 15 is 0 Å². The van der Waals surface area contributed by atoms with Crippen LogP contribution in [-0.4, -0.2) is 80.1 Å². The van der Waals surface area contributed by atoms with Gasteiger partial charge in [0.1, 0.15) is 5.75 Å². The summed E-state index contributed by atoms with van der Waals surface area (Å²) in [5.41, 5.74) is 6.26. The minimum absolute atomic E-state index is 0.0682. The van der Waals surface area contributed by atoms with Crippen molar-refractivity contribution < 1.29 is 28.9 Å². The zero-order valence-electron chi connectivity index (χ0n) is 26.4. The van der Waals surface area contributed by atoms with Gasteiger partial charge in [-0.05, 0) is 74.8 Å². The zero-order valence-corrected chi connectivity index (χ0v) is 27.2. The van der Waals surface area contributed by atoms with Gasteiger partial charge in [-0.1, -0.05) is 39.8 Å². The molecule has 0 bridgehead atoms. The Kier molecular flexibility index (Phi) is 15.6. The lowest BCUT2D eigenvalue weighted by molar-refractivity contribution is -0.134. The Hall–Kier alpha value is -1.91. The number of nitrogens with zero attached hydrogens (tertiary/aromatic N) is 1. The predicted octanol–water partition coefficient (Wildman–Crippen LogP) is 4.79. The molecule has 1 aliphatic rings. The Morgan fingerprint density at radius 2 is 1.76 bits per heavy atom. The number of unbranched alkanes of at least 4 members (excludes halogenated alkanes) is 1. The quantitative estimate of drug-likeness (QED) is 0.161. The third-order valence-electron chi connectivity index (χ3n) is 8.83. The number of ether oxygens (including phenoxy) is 3. The molecular weight excluding hydrogens is 558 g/mol. The van der Waals surface area contributed by atoms with E-state index in [0.29, 0.717) is 30.9 Å². The molecule has 1 aromatic rings. The Bertz CT molecular complexity index is 954. The number of hydrogen-bond donors (Lipinski definition) is 3.